The van der Waals surface area contributed by atoms with Gasteiger partial charge in [-0.25, -0.2) is 8.42 Å². The number of amides is 1. The zero-order valence-corrected chi connectivity index (χ0v) is 17.9. The van der Waals surface area contributed by atoms with Crippen molar-refractivity contribution in [1.82, 2.24) is 9.21 Å². The maximum Gasteiger partial charge on any atom is 0.289 e. The minimum atomic E-state index is -3.80. The number of fused-ring (bicyclic) bond motifs is 1. The molecule has 1 aromatic heterocycles. The second-order valence-corrected chi connectivity index (χ2v) is 9.59. The summed E-state index contributed by atoms with van der Waals surface area (Å²) in [7, 11) is -3.80. The van der Waals surface area contributed by atoms with E-state index in [1.165, 1.54) is 16.4 Å². The molecule has 1 aliphatic heterocycles. The molecule has 4 rings (SSSR count). The molecule has 152 valence electrons. The van der Waals surface area contributed by atoms with E-state index in [0.717, 1.165) is 10.9 Å². The van der Waals surface area contributed by atoms with Crippen LogP contribution in [0.2, 0.25) is 10.0 Å². The Labute approximate surface area is 178 Å². The van der Waals surface area contributed by atoms with E-state index in [9.17, 15) is 13.2 Å². The first-order chi connectivity index (χ1) is 13.8. The van der Waals surface area contributed by atoms with Crippen LogP contribution in [0.1, 0.15) is 16.1 Å². The Morgan fingerprint density at radius 2 is 1.76 bits per heavy atom. The van der Waals surface area contributed by atoms with Crippen LogP contribution in [0.5, 0.6) is 0 Å². The van der Waals surface area contributed by atoms with Crippen LogP contribution in [0.25, 0.3) is 11.0 Å². The number of aryl methyl sites for hydroxylation is 1. The third kappa shape index (κ3) is 3.75. The van der Waals surface area contributed by atoms with Gasteiger partial charge in [0.15, 0.2) is 5.76 Å². The molecule has 0 saturated carbocycles. The van der Waals surface area contributed by atoms with E-state index in [-0.39, 0.29) is 52.8 Å². The van der Waals surface area contributed by atoms with Crippen LogP contribution in [0.3, 0.4) is 0 Å². The molecule has 0 radical (unpaired) electrons. The van der Waals surface area contributed by atoms with Crippen LogP contribution in [0.15, 0.2) is 51.8 Å². The fourth-order valence-electron chi connectivity index (χ4n) is 3.38. The molecule has 0 atom stereocenters. The van der Waals surface area contributed by atoms with Crippen LogP contribution in [-0.4, -0.2) is 49.7 Å². The zero-order chi connectivity index (χ0) is 20.8. The number of piperazine rings is 1. The van der Waals surface area contributed by atoms with Gasteiger partial charge < -0.3 is 9.32 Å². The molecule has 0 spiro atoms. The second-order valence-electron chi connectivity index (χ2n) is 6.90. The van der Waals surface area contributed by atoms with Gasteiger partial charge in [0.05, 0.1) is 10.0 Å². The van der Waals surface area contributed by atoms with Crippen LogP contribution in [0.4, 0.5) is 0 Å². The van der Waals surface area contributed by atoms with Crippen molar-refractivity contribution in [3.05, 3.63) is 63.8 Å². The van der Waals surface area contributed by atoms with Gasteiger partial charge in [0.25, 0.3) is 5.91 Å². The maximum atomic E-state index is 12.9. The van der Waals surface area contributed by atoms with Gasteiger partial charge in [0.2, 0.25) is 10.0 Å². The molecular formula is C20H18Cl2N2O4S. The lowest BCUT2D eigenvalue weighted by atomic mass is 10.2. The number of hydrogen-bond acceptors (Lipinski definition) is 4. The normalized spacial score (nSPS) is 15.8. The number of rotatable bonds is 3. The molecule has 1 aliphatic rings. The Morgan fingerprint density at radius 3 is 2.48 bits per heavy atom. The van der Waals surface area contributed by atoms with Gasteiger partial charge in [0.1, 0.15) is 10.5 Å². The third-order valence-corrected chi connectivity index (χ3v) is 7.81. The van der Waals surface area contributed by atoms with Crippen molar-refractivity contribution >= 4 is 50.1 Å². The fraction of sp³-hybridized carbons (Fsp3) is 0.250. The van der Waals surface area contributed by atoms with E-state index < -0.39 is 10.0 Å². The van der Waals surface area contributed by atoms with Crippen molar-refractivity contribution in [3.8, 4) is 0 Å². The molecule has 0 N–H and O–H groups in total. The zero-order valence-electron chi connectivity index (χ0n) is 15.6. The van der Waals surface area contributed by atoms with Gasteiger partial charge >= 0.3 is 0 Å². The van der Waals surface area contributed by atoms with Gasteiger partial charge in [-0.2, -0.15) is 4.31 Å². The van der Waals surface area contributed by atoms with E-state index in [4.69, 9.17) is 27.6 Å². The topological polar surface area (TPSA) is 70.8 Å². The molecular weight excluding hydrogens is 435 g/mol. The number of carbonyl (C=O) groups excluding carboxylic acids is 1. The quantitative estimate of drug-likeness (QED) is 0.596. The van der Waals surface area contributed by atoms with Crippen molar-refractivity contribution in [2.45, 2.75) is 11.8 Å². The van der Waals surface area contributed by atoms with Crippen molar-refractivity contribution in [1.29, 1.82) is 0 Å². The van der Waals surface area contributed by atoms with Crippen LogP contribution in [-0.2, 0) is 10.0 Å². The minimum Gasteiger partial charge on any atom is -0.451 e. The molecule has 3 aromatic rings. The maximum absolute atomic E-state index is 12.9. The summed E-state index contributed by atoms with van der Waals surface area (Å²) in [5, 5.41) is 1.05. The molecule has 2 aromatic carbocycles. The molecule has 0 aliphatic carbocycles. The Balaban J connectivity index is 1.49. The molecule has 29 heavy (non-hydrogen) atoms. The van der Waals surface area contributed by atoms with Gasteiger partial charge in [-0.15, -0.1) is 0 Å². The highest BCUT2D eigenvalue weighted by molar-refractivity contribution is 7.89. The lowest BCUT2D eigenvalue weighted by molar-refractivity contribution is 0.0668. The summed E-state index contributed by atoms with van der Waals surface area (Å²) in [6.07, 6.45) is 0. The Morgan fingerprint density at radius 1 is 1.03 bits per heavy atom. The molecule has 1 amide bonds. The summed E-state index contributed by atoms with van der Waals surface area (Å²) in [4.78, 5) is 14.4. The first kappa shape index (κ1) is 20.2. The van der Waals surface area contributed by atoms with E-state index in [0.29, 0.717) is 5.58 Å². The van der Waals surface area contributed by atoms with Crippen molar-refractivity contribution in [3.63, 3.8) is 0 Å². The highest BCUT2D eigenvalue weighted by Crippen LogP contribution is 2.31. The monoisotopic (exact) mass is 452 g/mol. The third-order valence-electron chi connectivity index (χ3n) is 4.94. The summed E-state index contributed by atoms with van der Waals surface area (Å²) in [5.41, 5.74) is 1.73. The molecule has 6 nitrogen and oxygen atoms in total. The van der Waals surface area contributed by atoms with Crippen LogP contribution < -0.4 is 0 Å². The van der Waals surface area contributed by atoms with E-state index >= 15 is 0 Å². The van der Waals surface area contributed by atoms with E-state index in [2.05, 4.69) is 0 Å². The Hall–Kier alpha value is -2.06. The standard InChI is InChI=1S/C20H18Cl2N2O4S/c1-13-5-6-16-14(11-13)12-17(28-16)20(25)23-7-9-24(10-8-23)29(26,27)18-4-2-3-15(21)19(18)22/h2-6,11-12H,7-10H2,1H3. The van der Waals surface area contributed by atoms with Gasteiger partial charge in [-0.1, -0.05) is 40.9 Å². The first-order valence-corrected chi connectivity index (χ1v) is 11.2. The lowest BCUT2D eigenvalue weighted by Gasteiger charge is -2.33. The SMILES string of the molecule is Cc1ccc2oc(C(=O)N3CCN(S(=O)(=O)c4cccc(Cl)c4Cl)CC3)cc2c1. The van der Waals surface area contributed by atoms with Gasteiger partial charge in [0, 0.05) is 31.6 Å². The molecule has 0 unspecified atom stereocenters. The number of hydrogen-bond donors (Lipinski definition) is 0. The summed E-state index contributed by atoms with van der Waals surface area (Å²) in [6, 6.07) is 11.9. The molecule has 0 bridgehead atoms. The Bertz CT molecular complexity index is 1200. The number of nitrogens with zero attached hydrogens (tertiary/aromatic N) is 2. The van der Waals surface area contributed by atoms with Crippen LogP contribution >= 0.6 is 23.2 Å². The van der Waals surface area contributed by atoms with Gasteiger partial charge in [-0.3, -0.25) is 4.79 Å². The molecule has 9 heteroatoms. The molecule has 2 heterocycles. The predicted molar refractivity (Wildman–Crippen MR) is 112 cm³/mol. The predicted octanol–water partition coefficient (Wildman–Crippen LogP) is 4.19. The summed E-state index contributed by atoms with van der Waals surface area (Å²) in [5.74, 6) is -0.00326. The highest BCUT2D eigenvalue weighted by Gasteiger charge is 2.32. The number of sulfonamides is 1. The summed E-state index contributed by atoms with van der Waals surface area (Å²) < 4.78 is 32.8. The average Bonchev–Trinajstić information content (AvgIpc) is 3.12. The highest BCUT2D eigenvalue weighted by atomic mass is 35.5. The second kappa shape index (κ2) is 7.65. The van der Waals surface area contributed by atoms with Crippen molar-refractivity contribution < 1.29 is 17.6 Å². The number of carbonyl (C=O) groups is 1. The first-order valence-electron chi connectivity index (χ1n) is 9.01. The molecule has 1 saturated heterocycles. The average molecular weight is 453 g/mol. The van der Waals surface area contributed by atoms with Gasteiger partial charge in [-0.05, 0) is 37.3 Å². The minimum absolute atomic E-state index is 0.00485. The fourth-order valence-corrected chi connectivity index (χ4v) is 5.54. The van der Waals surface area contributed by atoms with Crippen molar-refractivity contribution in [2.75, 3.05) is 26.2 Å². The lowest BCUT2D eigenvalue weighted by Crippen LogP contribution is -2.50. The smallest absolute Gasteiger partial charge is 0.289 e. The number of halogens is 2. The summed E-state index contributed by atoms with van der Waals surface area (Å²) in [6.45, 7) is 2.81. The number of furan rings is 1. The number of benzene rings is 2. The van der Waals surface area contributed by atoms with Crippen molar-refractivity contribution in [2.24, 2.45) is 0 Å². The summed E-state index contributed by atoms with van der Waals surface area (Å²) >= 11 is 12.0. The molecule has 1 fully saturated rings. The Kier molecular flexibility index (Phi) is 5.33. The van der Waals surface area contributed by atoms with Crippen LogP contribution in [0, 0.1) is 6.92 Å². The van der Waals surface area contributed by atoms with E-state index in [1.807, 2.05) is 25.1 Å². The largest absolute Gasteiger partial charge is 0.451 e. The van der Waals surface area contributed by atoms with E-state index in [1.54, 1.807) is 17.0 Å².